The molecule has 3 aromatic heterocycles. The van der Waals surface area contributed by atoms with E-state index in [1.807, 2.05) is 25.1 Å². The Balaban J connectivity index is 1.75. The van der Waals surface area contributed by atoms with Gasteiger partial charge in [0.1, 0.15) is 17.7 Å². The van der Waals surface area contributed by atoms with E-state index in [-0.39, 0.29) is 11.2 Å². The SMILES string of the molecule is Cc1nn(-c2ncnc3nc[nH]c23)c2c1[C@H](c1ccccc1)SCC(=O)N2. The highest BCUT2D eigenvalue weighted by Gasteiger charge is 2.31. The number of amides is 1. The summed E-state index contributed by atoms with van der Waals surface area (Å²) in [7, 11) is 0. The molecule has 0 bridgehead atoms. The van der Waals surface area contributed by atoms with Crippen molar-refractivity contribution in [2.24, 2.45) is 0 Å². The van der Waals surface area contributed by atoms with E-state index in [0.717, 1.165) is 16.8 Å². The minimum atomic E-state index is -0.0595. The second-order valence-corrected chi connectivity index (χ2v) is 7.30. The van der Waals surface area contributed by atoms with E-state index >= 15 is 0 Å². The second kappa shape index (κ2) is 6.20. The van der Waals surface area contributed by atoms with Crippen LogP contribution in [0, 0.1) is 6.92 Å². The quantitative estimate of drug-likeness (QED) is 0.557. The maximum Gasteiger partial charge on any atom is 0.235 e. The normalized spacial score (nSPS) is 16.8. The minimum Gasteiger partial charge on any atom is -0.340 e. The van der Waals surface area contributed by atoms with Gasteiger partial charge < -0.3 is 10.3 Å². The number of hydrogen-bond donors (Lipinski definition) is 2. The summed E-state index contributed by atoms with van der Waals surface area (Å²) >= 11 is 1.60. The lowest BCUT2D eigenvalue weighted by Crippen LogP contribution is -2.16. The van der Waals surface area contributed by atoms with Crippen molar-refractivity contribution in [1.82, 2.24) is 29.7 Å². The number of nitrogens with one attached hydrogen (secondary N) is 2. The molecule has 2 N–H and O–H groups in total. The summed E-state index contributed by atoms with van der Waals surface area (Å²) < 4.78 is 1.67. The molecule has 5 rings (SSSR count). The van der Waals surface area contributed by atoms with Crippen LogP contribution in [0.4, 0.5) is 5.82 Å². The van der Waals surface area contributed by atoms with E-state index in [1.165, 1.54) is 6.33 Å². The summed E-state index contributed by atoms with van der Waals surface area (Å²) in [4.78, 5) is 28.2. The predicted octanol–water partition coefficient (Wildman–Crippen LogP) is 2.62. The van der Waals surface area contributed by atoms with Crippen molar-refractivity contribution in [3.05, 3.63) is 59.8 Å². The first-order valence-corrected chi connectivity index (χ1v) is 9.47. The van der Waals surface area contributed by atoms with Gasteiger partial charge in [0, 0.05) is 5.56 Å². The Morgan fingerprint density at radius 3 is 2.89 bits per heavy atom. The van der Waals surface area contributed by atoms with Gasteiger partial charge in [-0.1, -0.05) is 30.3 Å². The van der Waals surface area contributed by atoms with Gasteiger partial charge in [0.05, 0.1) is 23.0 Å². The molecule has 1 amide bonds. The first-order valence-electron chi connectivity index (χ1n) is 8.43. The summed E-state index contributed by atoms with van der Waals surface area (Å²) in [5, 5.41) is 7.71. The number of imidazole rings is 1. The number of aromatic amines is 1. The van der Waals surface area contributed by atoms with Gasteiger partial charge in [-0.25, -0.2) is 15.0 Å². The Bertz CT molecular complexity index is 1150. The molecular weight excluding hydrogens is 362 g/mol. The van der Waals surface area contributed by atoms with Crippen LogP contribution >= 0.6 is 11.8 Å². The molecule has 1 aromatic carbocycles. The molecule has 8 nitrogen and oxygen atoms in total. The number of hydrogen-bond acceptors (Lipinski definition) is 6. The summed E-state index contributed by atoms with van der Waals surface area (Å²) in [6.07, 6.45) is 3.02. The lowest BCUT2D eigenvalue weighted by atomic mass is 10.0. The number of H-pyrrole nitrogens is 1. The van der Waals surface area contributed by atoms with Gasteiger partial charge in [-0.15, -0.1) is 11.8 Å². The average Bonchev–Trinajstić information content (AvgIpc) is 3.23. The number of benzene rings is 1. The number of carbonyl (C=O) groups is 1. The lowest BCUT2D eigenvalue weighted by Gasteiger charge is -2.15. The van der Waals surface area contributed by atoms with Crippen molar-refractivity contribution in [2.75, 3.05) is 11.1 Å². The van der Waals surface area contributed by atoms with Crippen molar-refractivity contribution < 1.29 is 4.79 Å². The monoisotopic (exact) mass is 377 g/mol. The molecule has 0 saturated carbocycles. The number of carbonyl (C=O) groups excluding carboxylic acids is 1. The third kappa shape index (κ3) is 2.58. The fourth-order valence-electron chi connectivity index (χ4n) is 3.34. The molecule has 0 aliphatic carbocycles. The lowest BCUT2D eigenvalue weighted by molar-refractivity contribution is -0.113. The fourth-order valence-corrected chi connectivity index (χ4v) is 4.53. The minimum absolute atomic E-state index is 0.00740. The number of aromatic nitrogens is 6. The standard InChI is InChI=1S/C18H15N7OS/c1-10-13-15(11-5-3-2-4-6-11)27-7-12(26)23-17(13)25(24-10)18-14-16(20-8-19-14)21-9-22-18/h2-6,8-9,15H,7H2,1H3,(H,23,26)(H,19,20,21,22)/t15-/m0/s1. The van der Waals surface area contributed by atoms with Crippen LogP contribution in [0.15, 0.2) is 43.0 Å². The number of thioether (sulfide) groups is 1. The largest absolute Gasteiger partial charge is 0.340 e. The van der Waals surface area contributed by atoms with Crippen LogP contribution in [0.25, 0.3) is 17.0 Å². The summed E-state index contributed by atoms with van der Waals surface area (Å²) in [5.41, 5.74) is 4.20. The van der Waals surface area contributed by atoms with Gasteiger partial charge in [0.15, 0.2) is 11.5 Å². The highest BCUT2D eigenvalue weighted by molar-refractivity contribution is 8.00. The molecule has 27 heavy (non-hydrogen) atoms. The summed E-state index contributed by atoms with van der Waals surface area (Å²) in [5.74, 6) is 1.51. The van der Waals surface area contributed by atoms with Gasteiger partial charge in [-0.2, -0.15) is 9.78 Å². The number of fused-ring (bicyclic) bond motifs is 2. The zero-order valence-electron chi connectivity index (χ0n) is 14.4. The van der Waals surface area contributed by atoms with E-state index in [1.54, 1.807) is 22.8 Å². The molecule has 0 fully saturated rings. The van der Waals surface area contributed by atoms with Crippen LogP contribution in [0.2, 0.25) is 0 Å². The van der Waals surface area contributed by atoms with Gasteiger partial charge in [0.25, 0.3) is 0 Å². The number of aryl methyl sites for hydroxylation is 1. The molecule has 1 aliphatic heterocycles. The molecule has 1 aliphatic rings. The van der Waals surface area contributed by atoms with Crippen LogP contribution in [0.3, 0.4) is 0 Å². The van der Waals surface area contributed by atoms with E-state index in [4.69, 9.17) is 5.10 Å². The molecule has 0 saturated heterocycles. The first-order chi connectivity index (χ1) is 13.2. The van der Waals surface area contributed by atoms with Crippen molar-refractivity contribution in [3.63, 3.8) is 0 Å². The van der Waals surface area contributed by atoms with Gasteiger partial charge in [0.2, 0.25) is 5.91 Å². The van der Waals surface area contributed by atoms with Crippen molar-refractivity contribution in [3.8, 4) is 5.82 Å². The smallest absolute Gasteiger partial charge is 0.235 e. The highest BCUT2D eigenvalue weighted by atomic mass is 32.2. The molecule has 0 radical (unpaired) electrons. The molecule has 4 heterocycles. The van der Waals surface area contributed by atoms with Crippen LogP contribution < -0.4 is 5.32 Å². The van der Waals surface area contributed by atoms with Crippen molar-refractivity contribution in [1.29, 1.82) is 0 Å². The summed E-state index contributed by atoms with van der Waals surface area (Å²) in [6, 6.07) is 10.2. The van der Waals surface area contributed by atoms with E-state index in [2.05, 4.69) is 37.4 Å². The second-order valence-electron chi connectivity index (χ2n) is 6.21. The Morgan fingerprint density at radius 1 is 1.19 bits per heavy atom. The van der Waals surface area contributed by atoms with Crippen molar-refractivity contribution >= 4 is 34.7 Å². The number of nitrogens with zero attached hydrogens (tertiary/aromatic N) is 5. The third-order valence-electron chi connectivity index (χ3n) is 4.51. The Morgan fingerprint density at radius 2 is 2.04 bits per heavy atom. The van der Waals surface area contributed by atoms with Gasteiger partial charge in [-0.3, -0.25) is 4.79 Å². The Labute approximate surface area is 158 Å². The van der Waals surface area contributed by atoms with E-state index < -0.39 is 0 Å². The van der Waals surface area contributed by atoms with Crippen LogP contribution in [-0.4, -0.2) is 41.4 Å². The molecule has 1 atom stereocenters. The maximum absolute atomic E-state index is 12.4. The van der Waals surface area contributed by atoms with E-state index in [9.17, 15) is 4.79 Å². The average molecular weight is 377 g/mol. The van der Waals surface area contributed by atoms with Gasteiger partial charge >= 0.3 is 0 Å². The Kier molecular flexibility index (Phi) is 3.68. The zero-order chi connectivity index (χ0) is 18.4. The molecule has 0 spiro atoms. The maximum atomic E-state index is 12.4. The molecule has 0 unspecified atom stereocenters. The van der Waals surface area contributed by atoms with Crippen molar-refractivity contribution in [2.45, 2.75) is 12.2 Å². The highest BCUT2D eigenvalue weighted by Crippen LogP contribution is 2.43. The number of anilines is 1. The van der Waals surface area contributed by atoms with Gasteiger partial charge in [-0.05, 0) is 12.5 Å². The van der Waals surface area contributed by atoms with Crippen LogP contribution in [0.1, 0.15) is 22.1 Å². The molecular formula is C18H15N7OS. The predicted molar refractivity (Wildman–Crippen MR) is 103 cm³/mol. The topological polar surface area (TPSA) is 101 Å². The molecule has 134 valence electrons. The number of rotatable bonds is 2. The summed E-state index contributed by atoms with van der Waals surface area (Å²) in [6.45, 7) is 1.95. The van der Waals surface area contributed by atoms with E-state index in [0.29, 0.717) is 28.6 Å². The molecule has 4 aromatic rings. The third-order valence-corrected chi connectivity index (χ3v) is 5.78. The van der Waals surface area contributed by atoms with Crippen LogP contribution in [0.5, 0.6) is 0 Å². The molecule has 9 heteroatoms. The Hall–Kier alpha value is -3.20. The fraction of sp³-hybridized carbons (Fsp3) is 0.167. The van der Waals surface area contributed by atoms with Crippen LogP contribution in [-0.2, 0) is 4.79 Å². The first kappa shape index (κ1) is 16.0. The zero-order valence-corrected chi connectivity index (χ0v) is 15.2.